The predicted octanol–water partition coefficient (Wildman–Crippen LogP) is 20.4. The molecule has 69 heavy (non-hydrogen) atoms. The van der Waals surface area contributed by atoms with Crippen molar-refractivity contribution in [2.75, 3.05) is 13.2 Å². The lowest BCUT2D eigenvalue weighted by atomic mass is 10.0. The Morgan fingerprint density at radius 1 is 0.290 bits per heavy atom. The lowest BCUT2D eigenvalue weighted by molar-refractivity contribution is -0.167. The number of carbonyl (C=O) groups is 3. The summed E-state index contributed by atoms with van der Waals surface area (Å²) in [7, 11) is 0. The number of ether oxygens (including phenoxy) is 3. The van der Waals surface area contributed by atoms with Crippen LogP contribution in [0.2, 0.25) is 0 Å². The first-order valence-electron chi connectivity index (χ1n) is 30.5. The van der Waals surface area contributed by atoms with Crippen molar-refractivity contribution in [3.05, 3.63) is 36.5 Å². The zero-order chi connectivity index (χ0) is 50.0. The standard InChI is InChI=1S/C63H116O6/c1-4-7-10-13-16-19-22-25-27-29-30-31-32-33-34-36-38-41-44-47-50-53-56-62(65)68-59-60(58-67-61(64)55-52-49-46-43-40-37-24-21-18-15-12-9-6-3)69-63(66)57-54-51-48-45-42-39-35-28-26-23-20-17-14-11-8-5-2/h20-21,23-24,28,35,60H,4-19,22,25-27,29-34,36-59H2,1-3H3/b23-20-,24-21-,35-28-. The van der Waals surface area contributed by atoms with E-state index >= 15 is 0 Å². The molecule has 0 aromatic heterocycles. The molecule has 0 aliphatic heterocycles. The molecule has 404 valence electrons. The molecule has 0 rings (SSSR count). The smallest absolute Gasteiger partial charge is 0.306 e. The zero-order valence-electron chi connectivity index (χ0n) is 46.3. The molecule has 1 unspecified atom stereocenters. The molecule has 0 fully saturated rings. The molecule has 0 aliphatic carbocycles. The largest absolute Gasteiger partial charge is 0.462 e. The Bertz CT molecular complexity index is 1160. The van der Waals surface area contributed by atoms with E-state index < -0.39 is 6.10 Å². The monoisotopic (exact) mass is 969 g/mol. The van der Waals surface area contributed by atoms with Gasteiger partial charge in [0.15, 0.2) is 6.10 Å². The van der Waals surface area contributed by atoms with Crippen LogP contribution in [-0.2, 0) is 28.6 Å². The fourth-order valence-corrected chi connectivity index (χ4v) is 9.00. The molecule has 0 aromatic rings. The Morgan fingerprint density at radius 3 is 0.826 bits per heavy atom. The van der Waals surface area contributed by atoms with Crippen LogP contribution in [0, 0.1) is 0 Å². The van der Waals surface area contributed by atoms with Gasteiger partial charge in [0.2, 0.25) is 0 Å². The molecule has 0 spiro atoms. The molecule has 0 radical (unpaired) electrons. The zero-order valence-corrected chi connectivity index (χ0v) is 46.3. The van der Waals surface area contributed by atoms with Crippen LogP contribution in [0.4, 0.5) is 0 Å². The number of rotatable bonds is 56. The highest BCUT2D eigenvalue weighted by atomic mass is 16.6. The lowest BCUT2D eigenvalue weighted by Gasteiger charge is -2.18. The molecule has 1 atom stereocenters. The van der Waals surface area contributed by atoms with E-state index in [-0.39, 0.29) is 31.1 Å². The van der Waals surface area contributed by atoms with Crippen molar-refractivity contribution in [2.45, 2.75) is 335 Å². The normalized spacial score (nSPS) is 12.2. The summed E-state index contributed by atoms with van der Waals surface area (Å²) >= 11 is 0. The van der Waals surface area contributed by atoms with Crippen LogP contribution >= 0.6 is 0 Å². The Hall–Kier alpha value is -2.37. The van der Waals surface area contributed by atoms with Crippen molar-refractivity contribution in [2.24, 2.45) is 0 Å². The average molecular weight is 970 g/mol. The van der Waals surface area contributed by atoms with Crippen LogP contribution in [0.1, 0.15) is 329 Å². The number of allylic oxidation sites excluding steroid dienone is 6. The van der Waals surface area contributed by atoms with Crippen LogP contribution in [0.5, 0.6) is 0 Å². The Kier molecular flexibility index (Phi) is 56.2. The van der Waals surface area contributed by atoms with E-state index in [1.165, 1.54) is 199 Å². The molecular formula is C63H116O6. The third-order valence-electron chi connectivity index (χ3n) is 13.6. The number of carbonyl (C=O) groups excluding carboxylic acids is 3. The average Bonchev–Trinajstić information content (AvgIpc) is 3.35. The van der Waals surface area contributed by atoms with Gasteiger partial charge in [-0.2, -0.15) is 0 Å². The maximum absolute atomic E-state index is 12.9. The second-order valence-electron chi connectivity index (χ2n) is 20.6. The van der Waals surface area contributed by atoms with E-state index in [1.807, 2.05) is 0 Å². The van der Waals surface area contributed by atoms with Gasteiger partial charge in [0.25, 0.3) is 0 Å². The predicted molar refractivity (Wildman–Crippen MR) is 298 cm³/mol. The SMILES string of the molecule is CCCCCC/C=C\C/C=C\CCCCCCCC(=O)OC(COC(=O)CCCCCCC/C=C\CCCCCC)COC(=O)CCCCCCCCCCCCCCCCCCCCCCCC. The van der Waals surface area contributed by atoms with Crippen LogP contribution in [0.15, 0.2) is 36.5 Å². The minimum Gasteiger partial charge on any atom is -0.462 e. The quantitative estimate of drug-likeness (QED) is 0.0261. The molecule has 6 heteroatoms. The van der Waals surface area contributed by atoms with Crippen LogP contribution in [-0.4, -0.2) is 37.2 Å². The summed E-state index contributed by atoms with van der Waals surface area (Å²) in [6.07, 6.45) is 70.0. The maximum Gasteiger partial charge on any atom is 0.306 e. The molecule has 0 saturated carbocycles. The van der Waals surface area contributed by atoms with Crippen molar-refractivity contribution in [3.8, 4) is 0 Å². The molecule has 0 heterocycles. The van der Waals surface area contributed by atoms with Gasteiger partial charge in [0.1, 0.15) is 13.2 Å². The van der Waals surface area contributed by atoms with Crippen molar-refractivity contribution in [1.29, 1.82) is 0 Å². The third-order valence-corrected chi connectivity index (χ3v) is 13.6. The first-order chi connectivity index (χ1) is 34.0. The third kappa shape index (κ3) is 56.4. The summed E-state index contributed by atoms with van der Waals surface area (Å²) in [5.41, 5.74) is 0. The molecule has 6 nitrogen and oxygen atoms in total. The molecule has 0 aliphatic rings. The molecule has 0 N–H and O–H groups in total. The fourth-order valence-electron chi connectivity index (χ4n) is 9.00. The van der Waals surface area contributed by atoms with Gasteiger partial charge in [-0.3, -0.25) is 14.4 Å². The van der Waals surface area contributed by atoms with Crippen molar-refractivity contribution < 1.29 is 28.6 Å². The molecular weight excluding hydrogens is 853 g/mol. The highest BCUT2D eigenvalue weighted by Crippen LogP contribution is 2.17. The summed E-state index contributed by atoms with van der Waals surface area (Å²) in [6, 6.07) is 0. The van der Waals surface area contributed by atoms with Crippen molar-refractivity contribution in [1.82, 2.24) is 0 Å². The number of hydrogen-bond donors (Lipinski definition) is 0. The Labute approximate surface area is 429 Å². The van der Waals surface area contributed by atoms with Gasteiger partial charge >= 0.3 is 17.9 Å². The number of unbranched alkanes of at least 4 members (excludes halogenated alkanes) is 39. The lowest BCUT2D eigenvalue weighted by Crippen LogP contribution is -2.30. The van der Waals surface area contributed by atoms with E-state index in [1.54, 1.807) is 0 Å². The summed E-state index contributed by atoms with van der Waals surface area (Å²) in [6.45, 7) is 6.64. The van der Waals surface area contributed by atoms with Crippen LogP contribution in [0.3, 0.4) is 0 Å². The van der Waals surface area contributed by atoms with Gasteiger partial charge < -0.3 is 14.2 Å². The Balaban J connectivity index is 4.29. The summed E-state index contributed by atoms with van der Waals surface area (Å²) in [5.74, 6) is -0.881. The molecule has 0 amide bonds. The van der Waals surface area contributed by atoms with Gasteiger partial charge in [-0.15, -0.1) is 0 Å². The minimum atomic E-state index is -0.780. The second-order valence-corrected chi connectivity index (χ2v) is 20.6. The van der Waals surface area contributed by atoms with E-state index in [9.17, 15) is 14.4 Å². The van der Waals surface area contributed by atoms with Gasteiger partial charge in [-0.05, 0) is 77.0 Å². The summed E-state index contributed by atoms with van der Waals surface area (Å²) in [5, 5.41) is 0. The molecule has 0 bridgehead atoms. The van der Waals surface area contributed by atoms with Crippen LogP contribution in [0.25, 0.3) is 0 Å². The fraction of sp³-hybridized carbons (Fsp3) is 0.857. The van der Waals surface area contributed by atoms with Crippen LogP contribution < -0.4 is 0 Å². The van der Waals surface area contributed by atoms with Gasteiger partial charge in [0, 0.05) is 19.3 Å². The highest BCUT2D eigenvalue weighted by Gasteiger charge is 2.19. The second kappa shape index (κ2) is 58.2. The van der Waals surface area contributed by atoms with Crippen molar-refractivity contribution >= 4 is 17.9 Å². The molecule has 0 aromatic carbocycles. The highest BCUT2D eigenvalue weighted by molar-refractivity contribution is 5.71. The van der Waals surface area contributed by atoms with Crippen molar-refractivity contribution in [3.63, 3.8) is 0 Å². The van der Waals surface area contributed by atoms with E-state index in [4.69, 9.17) is 14.2 Å². The van der Waals surface area contributed by atoms with Gasteiger partial charge in [0.05, 0.1) is 0 Å². The van der Waals surface area contributed by atoms with Gasteiger partial charge in [-0.1, -0.05) is 269 Å². The first-order valence-corrected chi connectivity index (χ1v) is 30.5. The molecule has 0 saturated heterocycles. The summed E-state index contributed by atoms with van der Waals surface area (Å²) in [4.78, 5) is 38.2. The first kappa shape index (κ1) is 66.6. The Morgan fingerprint density at radius 2 is 0.522 bits per heavy atom. The van der Waals surface area contributed by atoms with Gasteiger partial charge in [-0.25, -0.2) is 0 Å². The summed E-state index contributed by atoms with van der Waals surface area (Å²) < 4.78 is 16.9. The van der Waals surface area contributed by atoms with E-state index in [2.05, 4.69) is 57.2 Å². The van der Waals surface area contributed by atoms with E-state index in [0.717, 1.165) is 89.9 Å². The minimum absolute atomic E-state index is 0.0768. The maximum atomic E-state index is 12.9. The van der Waals surface area contributed by atoms with E-state index in [0.29, 0.717) is 19.3 Å². The number of hydrogen-bond acceptors (Lipinski definition) is 6. The number of esters is 3. The topological polar surface area (TPSA) is 78.9 Å².